The zero-order chi connectivity index (χ0) is 25.6. The van der Waals surface area contributed by atoms with Crippen LogP contribution in [0.2, 0.25) is 0 Å². The predicted molar refractivity (Wildman–Crippen MR) is 143 cm³/mol. The third kappa shape index (κ3) is 4.61. The molecule has 9 heteroatoms. The number of thiazole rings is 1. The quantitative estimate of drug-likeness (QED) is 0.515. The maximum absolute atomic E-state index is 13.7. The molecule has 188 valence electrons. The molecule has 0 aliphatic carbocycles. The molecule has 1 aromatic carbocycles. The highest BCUT2D eigenvalue weighted by molar-refractivity contribution is 7.09. The van der Waals surface area contributed by atoms with Gasteiger partial charge in [-0.05, 0) is 70.6 Å². The number of hydrogen-bond acceptors (Lipinski definition) is 7. The number of nitrogens with zero attached hydrogens (tertiary/aromatic N) is 2. The minimum absolute atomic E-state index is 0.0704. The zero-order valence-corrected chi connectivity index (χ0v) is 22.3. The van der Waals surface area contributed by atoms with Gasteiger partial charge in [-0.15, -0.1) is 11.3 Å². The van der Waals surface area contributed by atoms with Gasteiger partial charge in [-0.3, -0.25) is 4.79 Å². The topological polar surface area (TPSA) is 82.6 Å². The average molecular weight is 505 g/mol. The van der Waals surface area contributed by atoms with Crippen molar-refractivity contribution in [1.82, 2.24) is 9.97 Å². The Morgan fingerprint density at radius 3 is 2.22 bits per heavy atom. The van der Waals surface area contributed by atoms with Crippen LogP contribution >= 0.6 is 11.3 Å². The van der Waals surface area contributed by atoms with E-state index in [-0.39, 0.29) is 5.91 Å². The molecule has 0 bridgehead atoms. The molecule has 2 aliphatic heterocycles. The average Bonchev–Trinajstić information content (AvgIpc) is 3.39. The monoisotopic (exact) mass is 505 g/mol. The van der Waals surface area contributed by atoms with Gasteiger partial charge in [0.15, 0.2) is 0 Å². The van der Waals surface area contributed by atoms with Crippen molar-refractivity contribution in [3.8, 4) is 11.3 Å². The number of pyridine rings is 1. The van der Waals surface area contributed by atoms with Crippen molar-refractivity contribution in [3.05, 3.63) is 58.5 Å². The third-order valence-corrected chi connectivity index (χ3v) is 8.46. The summed E-state index contributed by atoms with van der Waals surface area (Å²) in [5, 5.41) is 6.07. The van der Waals surface area contributed by atoms with Gasteiger partial charge in [0.1, 0.15) is 5.82 Å². The van der Waals surface area contributed by atoms with E-state index in [1.807, 2.05) is 76.4 Å². The highest BCUT2D eigenvalue weighted by Crippen LogP contribution is 2.38. The molecule has 1 N–H and O–H groups in total. The van der Waals surface area contributed by atoms with E-state index in [0.29, 0.717) is 31.9 Å². The van der Waals surface area contributed by atoms with E-state index in [9.17, 15) is 4.79 Å². The summed E-state index contributed by atoms with van der Waals surface area (Å²) in [5.74, 6) is 0.453. The lowest BCUT2D eigenvalue weighted by Gasteiger charge is -2.36. The molecule has 0 saturated carbocycles. The normalized spacial score (nSPS) is 20.3. The zero-order valence-electron chi connectivity index (χ0n) is 21.5. The van der Waals surface area contributed by atoms with Crippen molar-refractivity contribution < 1.29 is 18.8 Å². The summed E-state index contributed by atoms with van der Waals surface area (Å²) in [4.78, 5) is 22.7. The lowest BCUT2D eigenvalue weighted by molar-refractivity contribution is -0.125. The first-order valence-electron chi connectivity index (χ1n) is 12.3. The summed E-state index contributed by atoms with van der Waals surface area (Å²) in [6.45, 7) is 11.2. The molecule has 36 heavy (non-hydrogen) atoms. The van der Waals surface area contributed by atoms with E-state index < -0.39 is 23.7 Å². The molecule has 1 amide bonds. The minimum Gasteiger partial charge on any atom is -0.399 e. The van der Waals surface area contributed by atoms with Crippen LogP contribution in [0, 0.1) is 6.92 Å². The molecule has 2 aromatic heterocycles. The minimum atomic E-state index is -0.695. The summed E-state index contributed by atoms with van der Waals surface area (Å²) in [5.41, 5.74) is 2.21. The number of ether oxygens (including phenoxy) is 1. The highest BCUT2D eigenvalue weighted by atomic mass is 32.1. The summed E-state index contributed by atoms with van der Waals surface area (Å²) in [6.07, 6.45) is 2.95. The summed E-state index contributed by atoms with van der Waals surface area (Å²) in [7, 11) is -0.437. The van der Waals surface area contributed by atoms with Crippen LogP contribution in [0.4, 0.5) is 5.82 Å². The van der Waals surface area contributed by atoms with Crippen LogP contribution in [0.5, 0.6) is 0 Å². The van der Waals surface area contributed by atoms with Crippen molar-refractivity contribution in [3.63, 3.8) is 0 Å². The number of aromatic nitrogens is 2. The summed E-state index contributed by atoms with van der Waals surface area (Å²) < 4.78 is 18.0. The summed E-state index contributed by atoms with van der Waals surface area (Å²) >= 11 is 1.60. The number of aryl methyl sites for hydroxylation is 1. The van der Waals surface area contributed by atoms with E-state index in [0.717, 1.165) is 27.3 Å². The number of carbonyl (C=O) groups excluding carboxylic acids is 1. The molecule has 2 fully saturated rings. The standard InChI is InChI=1S/C27H32BN3O4S/c1-18-30-22(17-36-18)19-6-11-23(29-16-19)31-24(32)27(12-14-33-15-13-27)20-7-9-21(10-8-20)28-34-25(2,3)26(4,5)35-28/h6-11,16-17H,12-15H2,1-5H3,(H,29,31,32). The van der Waals surface area contributed by atoms with Crippen LogP contribution in [-0.2, 0) is 24.3 Å². The number of amides is 1. The van der Waals surface area contributed by atoms with Crippen LogP contribution < -0.4 is 10.8 Å². The van der Waals surface area contributed by atoms with Crippen LogP contribution in [0.25, 0.3) is 11.3 Å². The first kappa shape index (κ1) is 25.1. The van der Waals surface area contributed by atoms with E-state index in [2.05, 4.69) is 15.3 Å². The number of rotatable bonds is 5. The van der Waals surface area contributed by atoms with Gasteiger partial charge >= 0.3 is 7.12 Å². The maximum Gasteiger partial charge on any atom is 0.494 e. The third-order valence-electron chi connectivity index (χ3n) is 7.69. The second-order valence-corrected chi connectivity index (χ2v) is 11.6. The predicted octanol–water partition coefficient (Wildman–Crippen LogP) is 4.50. The van der Waals surface area contributed by atoms with E-state index in [1.54, 1.807) is 17.5 Å². The fourth-order valence-corrected chi connectivity index (χ4v) is 5.28. The second kappa shape index (κ2) is 9.37. The molecule has 0 spiro atoms. The van der Waals surface area contributed by atoms with Gasteiger partial charge in [0.2, 0.25) is 5.91 Å². The van der Waals surface area contributed by atoms with Gasteiger partial charge in [-0.1, -0.05) is 24.3 Å². The van der Waals surface area contributed by atoms with Crippen LogP contribution in [0.15, 0.2) is 48.0 Å². The Balaban J connectivity index is 1.35. The lowest BCUT2D eigenvalue weighted by atomic mass is 9.71. The molecule has 0 atom stereocenters. The Hall–Kier alpha value is -2.59. The maximum atomic E-state index is 13.7. The van der Waals surface area contributed by atoms with Crippen molar-refractivity contribution >= 4 is 35.6 Å². The molecular weight excluding hydrogens is 473 g/mol. The largest absolute Gasteiger partial charge is 0.494 e. The number of carbonyl (C=O) groups is 1. The molecule has 0 unspecified atom stereocenters. The molecule has 2 aliphatic rings. The fourth-order valence-electron chi connectivity index (χ4n) is 4.66. The number of nitrogens with one attached hydrogen (secondary N) is 1. The van der Waals surface area contributed by atoms with Crippen LogP contribution in [0.3, 0.4) is 0 Å². The first-order chi connectivity index (χ1) is 17.1. The SMILES string of the molecule is Cc1nc(-c2ccc(NC(=O)C3(c4ccc(B5OC(C)(C)C(C)(C)O5)cc4)CCOCC3)nc2)cs1. The van der Waals surface area contributed by atoms with E-state index in [1.165, 1.54) is 0 Å². The molecule has 4 heterocycles. The molecule has 3 aromatic rings. The number of anilines is 1. The number of hydrogen-bond donors (Lipinski definition) is 1. The van der Waals surface area contributed by atoms with Crippen molar-refractivity contribution in [2.45, 2.75) is 64.1 Å². The van der Waals surface area contributed by atoms with Crippen LogP contribution in [-0.4, -0.2) is 47.4 Å². The molecule has 5 rings (SSSR count). The molecule has 7 nitrogen and oxygen atoms in total. The van der Waals surface area contributed by atoms with Gasteiger partial charge < -0.3 is 19.4 Å². The van der Waals surface area contributed by atoms with E-state index >= 15 is 0 Å². The van der Waals surface area contributed by atoms with E-state index in [4.69, 9.17) is 14.0 Å². The van der Waals surface area contributed by atoms with Crippen molar-refractivity contribution in [1.29, 1.82) is 0 Å². The van der Waals surface area contributed by atoms with Gasteiger partial charge in [-0.2, -0.15) is 0 Å². The number of benzene rings is 1. The highest BCUT2D eigenvalue weighted by Gasteiger charge is 2.52. The van der Waals surface area contributed by atoms with Crippen molar-refractivity contribution in [2.24, 2.45) is 0 Å². The summed E-state index contributed by atoms with van der Waals surface area (Å²) in [6, 6.07) is 11.8. The second-order valence-electron chi connectivity index (χ2n) is 10.5. The Labute approximate surface area is 216 Å². The Morgan fingerprint density at radius 1 is 1.00 bits per heavy atom. The Bertz CT molecular complexity index is 1220. The lowest BCUT2D eigenvalue weighted by Crippen LogP contribution is -2.45. The molecule has 0 radical (unpaired) electrons. The smallest absolute Gasteiger partial charge is 0.399 e. The fraction of sp³-hybridized carbons (Fsp3) is 0.444. The first-order valence-corrected chi connectivity index (χ1v) is 13.2. The van der Waals surface area contributed by atoms with Gasteiger partial charge in [0, 0.05) is 30.4 Å². The Kier molecular flexibility index (Phi) is 6.53. The Morgan fingerprint density at radius 2 is 1.67 bits per heavy atom. The molecular formula is C27H32BN3O4S. The van der Waals surface area contributed by atoms with Gasteiger partial charge in [0.05, 0.1) is 27.3 Å². The van der Waals surface area contributed by atoms with Crippen molar-refractivity contribution in [2.75, 3.05) is 18.5 Å². The van der Waals surface area contributed by atoms with Gasteiger partial charge in [-0.25, -0.2) is 9.97 Å². The molecule has 2 saturated heterocycles. The van der Waals surface area contributed by atoms with Crippen LogP contribution in [0.1, 0.15) is 51.1 Å². The van der Waals surface area contributed by atoms with Gasteiger partial charge in [0.25, 0.3) is 0 Å².